The quantitative estimate of drug-likeness (QED) is 0.311. The van der Waals surface area contributed by atoms with Crippen molar-refractivity contribution in [1.29, 1.82) is 0 Å². The molecule has 32 heavy (non-hydrogen) atoms. The Hall–Kier alpha value is -3.03. The smallest absolute Gasteiger partial charge is 0.360 e. The van der Waals surface area contributed by atoms with Gasteiger partial charge in [-0.1, -0.05) is 78.7 Å². The molecule has 8 heteroatoms. The summed E-state index contributed by atoms with van der Waals surface area (Å²) in [5.74, 6) is -0.326. The predicted molar refractivity (Wildman–Crippen MR) is 128 cm³/mol. The second-order valence-corrected chi connectivity index (χ2v) is 8.99. The minimum absolute atomic E-state index is 0.0642. The molecule has 6 nitrogen and oxygen atoms in total. The van der Waals surface area contributed by atoms with Gasteiger partial charge in [-0.3, -0.25) is 0 Å². The third-order valence-corrected chi connectivity index (χ3v) is 6.31. The van der Waals surface area contributed by atoms with Gasteiger partial charge < -0.3 is 4.74 Å². The molecule has 164 valence electrons. The van der Waals surface area contributed by atoms with E-state index in [1.165, 1.54) is 11.3 Å². The van der Waals surface area contributed by atoms with Gasteiger partial charge in [0.25, 0.3) is 0 Å². The molecule has 0 N–H and O–H groups in total. The Bertz CT molecular complexity index is 1280. The maximum absolute atomic E-state index is 12.6. The monoisotopic (exact) mass is 466 g/mol. The molecule has 0 saturated heterocycles. The molecule has 0 bridgehead atoms. The molecule has 0 aliphatic rings. The van der Waals surface area contributed by atoms with E-state index in [-0.39, 0.29) is 23.2 Å². The Morgan fingerprint density at radius 1 is 1.12 bits per heavy atom. The summed E-state index contributed by atoms with van der Waals surface area (Å²) in [5.41, 5.74) is 4.62. The van der Waals surface area contributed by atoms with Crippen LogP contribution in [-0.4, -0.2) is 32.6 Å². The van der Waals surface area contributed by atoms with Crippen LogP contribution in [0.2, 0.25) is 5.02 Å². The van der Waals surface area contributed by atoms with Crippen LogP contribution in [0.25, 0.3) is 27.0 Å². The molecule has 4 rings (SSSR count). The molecular weight excluding hydrogens is 444 g/mol. The number of esters is 1. The Labute approximate surface area is 195 Å². The van der Waals surface area contributed by atoms with Crippen LogP contribution in [0.1, 0.15) is 48.3 Å². The van der Waals surface area contributed by atoms with Gasteiger partial charge in [-0.05, 0) is 37.5 Å². The fourth-order valence-electron chi connectivity index (χ4n) is 3.47. The minimum atomic E-state index is -0.567. The summed E-state index contributed by atoms with van der Waals surface area (Å²) in [6.07, 6.45) is 0. The summed E-state index contributed by atoms with van der Waals surface area (Å²) in [4.78, 5) is 12.6. The van der Waals surface area contributed by atoms with E-state index in [2.05, 4.69) is 35.2 Å². The second-order valence-electron chi connectivity index (χ2n) is 7.64. The normalized spacial score (nSPS) is 11.2. The summed E-state index contributed by atoms with van der Waals surface area (Å²) >= 11 is 8.12. The van der Waals surface area contributed by atoms with Crippen LogP contribution in [0.3, 0.4) is 0 Å². The number of ether oxygens (including phenoxy) is 1. The highest BCUT2D eigenvalue weighted by molar-refractivity contribution is 7.18. The lowest BCUT2D eigenvalue weighted by Gasteiger charge is -2.14. The zero-order chi connectivity index (χ0) is 22.8. The lowest BCUT2D eigenvalue weighted by atomic mass is 10.0. The molecule has 0 fully saturated rings. The van der Waals surface area contributed by atoms with Gasteiger partial charge in [-0.2, -0.15) is 5.10 Å². The van der Waals surface area contributed by atoms with Crippen molar-refractivity contribution in [3.8, 4) is 27.0 Å². The van der Waals surface area contributed by atoms with E-state index in [0.717, 1.165) is 27.4 Å². The zero-order valence-corrected chi connectivity index (χ0v) is 19.9. The Kier molecular flexibility index (Phi) is 6.39. The maximum Gasteiger partial charge on any atom is 0.360 e. The summed E-state index contributed by atoms with van der Waals surface area (Å²) in [7, 11) is 0. The van der Waals surface area contributed by atoms with Crippen LogP contribution < -0.4 is 0 Å². The van der Waals surface area contributed by atoms with Crippen molar-refractivity contribution in [3.63, 3.8) is 0 Å². The fourth-order valence-corrected chi connectivity index (χ4v) is 4.69. The first kappa shape index (κ1) is 22.2. The molecule has 0 aliphatic carbocycles. The summed E-state index contributed by atoms with van der Waals surface area (Å²) < 4.78 is 6.87. The van der Waals surface area contributed by atoms with Crippen LogP contribution in [0.4, 0.5) is 0 Å². The first-order valence-electron chi connectivity index (χ1n) is 10.4. The fraction of sp³-hybridized carbons (Fsp3) is 0.250. The molecule has 2 aromatic carbocycles. The van der Waals surface area contributed by atoms with Crippen molar-refractivity contribution in [1.82, 2.24) is 20.0 Å². The second kappa shape index (κ2) is 9.22. The van der Waals surface area contributed by atoms with Crippen molar-refractivity contribution in [2.75, 3.05) is 6.61 Å². The molecule has 0 unspecified atom stereocenters. The molecule has 0 amide bonds. The molecule has 2 heterocycles. The van der Waals surface area contributed by atoms with E-state index >= 15 is 0 Å². The number of aromatic nitrogens is 4. The number of rotatable bonds is 6. The lowest BCUT2D eigenvalue weighted by molar-refractivity contribution is 0.0519. The number of hydrogen-bond donors (Lipinski definition) is 0. The number of halogens is 1. The molecule has 0 saturated carbocycles. The van der Waals surface area contributed by atoms with E-state index in [4.69, 9.17) is 16.3 Å². The summed E-state index contributed by atoms with van der Waals surface area (Å²) in [6, 6.07) is 16.0. The number of hydrogen-bond acceptors (Lipinski definition) is 6. The van der Waals surface area contributed by atoms with Crippen LogP contribution in [-0.2, 0) is 4.74 Å². The van der Waals surface area contributed by atoms with Crippen molar-refractivity contribution in [3.05, 3.63) is 70.4 Å². The average Bonchev–Trinajstić information content (AvgIpc) is 3.38. The van der Waals surface area contributed by atoms with Gasteiger partial charge in [0.2, 0.25) is 0 Å². The van der Waals surface area contributed by atoms with E-state index in [0.29, 0.717) is 10.7 Å². The standard InChI is InChI=1S/C24H23ClN4O2S/c1-5-31-24(30)20-19(25)21(29(28-20)18-12-7-6-11-17(18)14(2)3)23-27-26-22(32-23)16-10-8-9-15(4)13-16/h6-14H,5H2,1-4H3. The Morgan fingerprint density at radius 3 is 2.59 bits per heavy atom. The first-order chi connectivity index (χ1) is 15.4. The van der Waals surface area contributed by atoms with Crippen molar-refractivity contribution in [2.24, 2.45) is 0 Å². The molecule has 0 atom stereocenters. The van der Waals surface area contributed by atoms with Gasteiger partial charge in [0, 0.05) is 5.56 Å². The third kappa shape index (κ3) is 4.18. The SMILES string of the molecule is CCOC(=O)c1nn(-c2ccccc2C(C)C)c(-c2nnc(-c3cccc(C)c3)s2)c1Cl. The van der Waals surface area contributed by atoms with Gasteiger partial charge >= 0.3 is 5.97 Å². The van der Waals surface area contributed by atoms with Crippen molar-refractivity contribution in [2.45, 2.75) is 33.6 Å². The Morgan fingerprint density at radius 2 is 1.88 bits per heavy atom. The van der Waals surface area contributed by atoms with Gasteiger partial charge in [-0.15, -0.1) is 10.2 Å². The minimum Gasteiger partial charge on any atom is -0.461 e. The first-order valence-corrected chi connectivity index (χ1v) is 11.6. The highest BCUT2D eigenvalue weighted by atomic mass is 35.5. The molecule has 0 spiro atoms. The van der Waals surface area contributed by atoms with Gasteiger partial charge in [0.1, 0.15) is 15.7 Å². The number of carbonyl (C=O) groups excluding carboxylic acids is 1. The number of para-hydroxylation sites is 1. The highest BCUT2D eigenvalue weighted by Gasteiger charge is 2.28. The number of nitrogens with zero attached hydrogens (tertiary/aromatic N) is 4. The van der Waals surface area contributed by atoms with Crippen molar-refractivity contribution >= 4 is 28.9 Å². The lowest BCUT2D eigenvalue weighted by Crippen LogP contribution is -2.08. The van der Waals surface area contributed by atoms with Crippen LogP contribution in [0.15, 0.2) is 48.5 Å². The van der Waals surface area contributed by atoms with E-state index in [9.17, 15) is 4.79 Å². The van der Waals surface area contributed by atoms with Crippen LogP contribution >= 0.6 is 22.9 Å². The van der Waals surface area contributed by atoms with Gasteiger partial charge in [0.05, 0.1) is 12.3 Å². The molecule has 2 aromatic heterocycles. The average molecular weight is 467 g/mol. The number of aryl methyl sites for hydroxylation is 1. The zero-order valence-electron chi connectivity index (χ0n) is 18.3. The van der Waals surface area contributed by atoms with E-state index < -0.39 is 5.97 Å². The molecule has 0 radical (unpaired) electrons. The largest absolute Gasteiger partial charge is 0.461 e. The maximum atomic E-state index is 12.6. The Balaban J connectivity index is 1.91. The third-order valence-electron chi connectivity index (χ3n) is 4.98. The summed E-state index contributed by atoms with van der Waals surface area (Å²) in [6.45, 7) is 8.23. The highest BCUT2D eigenvalue weighted by Crippen LogP contribution is 2.38. The number of benzene rings is 2. The van der Waals surface area contributed by atoms with Gasteiger partial charge in [-0.25, -0.2) is 9.48 Å². The molecule has 0 aliphatic heterocycles. The summed E-state index contributed by atoms with van der Waals surface area (Å²) in [5, 5.41) is 14.9. The van der Waals surface area contributed by atoms with E-state index in [1.54, 1.807) is 11.6 Å². The molecule has 4 aromatic rings. The van der Waals surface area contributed by atoms with Crippen LogP contribution in [0, 0.1) is 6.92 Å². The van der Waals surface area contributed by atoms with Crippen LogP contribution in [0.5, 0.6) is 0 Å². The van der Waals surface area contributed by atoms with Gasteiger partial charge in [0.15, 0.2) is 10.7 Å². The predicted octanol–water partition coefficient (Wildman–Crippen LogP) is 6.32. The molecular formula is C24H23ClN4O2S. The topological polar surface area (TPSA) is 69.9 Å². The van der Waals surface area contributed by atoms with E-state index in [1.807, 2.05) is 49.4 Å². The number of carbonyl (C=O) groups is 1. The van der Waals surface area contributed by atoms with Crippen molar-refractivity contribution < 1.29 is 9.53 Å².